The van der Waals surface area contributed by atoms with Gasteiger partial charge < -0.3 is 9.47 Å². The molecule has 0 aliphatic carbocycles. The Bertz CT molecular complexity index is 2110. The van der Waals surface area contributed by atoms with E-state index in [1.807, 2.05) is 55.5 Å². The molecular formula is C29H22N7O7+. The molecular weight excluding hydrogens is 558 g/mol. The van der Waals surface area contributed by atoms with Crippen molar-refractivity contribution < 1.29 is 28.0 Å². The van der Waals surface area contributed by atoms with Gasteiger partial charge in [0.2, 0.25) is 5.69 Å². The van der Waals surface area contributed by atoms with Gasteiger partial charge in [0.15, 0.2) is 23.1 Å². The lowest BCUT2D eigenvalue weighted by Gasteiger charge is -2.12. The van der Waals surface area contributed by atoms with Crippen LogP contribution in [0.1, 0.15) is 34.2 Å². The average molecular weight is 581 g/mol. The number of benzene rings is 3. The molecule has 0 spiro atoms. The van der Waals surface area contributed by atoms with Crippen molar-refractivity contribution in [2.45, 2.75) is 20.1 Å². The number of aromatic nitrogens is 6. The van der Waals surface area contributed by atoms with Crippen molar-refractivity contribution in [3.8, 4) is 34.6 Å². The minimum absolute atomic E-state index is 0.00629. The Morgan fingerprint density at radius 3 is 2.60 bits per heavy atom. The number of esters is 1. The van der Waals surface area contributed by atoms with Crippen molar-refractivity contribution in [2.24, 2.45) is 0 Å². The third-order valence-corrected chi connectivity index (χ3v) is 6.63. The van der Waals surface area contributed by atoms with Crippen LogP contribution in [-0.4, -0.2) is 37.4 Å². The number of hydrogen-bond acceptors (Lipinski definition) is 10. The van der Waals surface area contributed by atoms with Crippen LogP contribution >= 0.6 is 0 Å². The Hall–Kier alpha value is -6.23. The molecule has 0 radical (unpaired) electrons. The Morgan fingerprint density at radius 2 is 1.88 bits per heavy atom. The standard InChI is InChI=1S/C29H21N7O7/c1-2-40-28-31-22-9-5-8-21(27(37)41-16-23-24(14-30)36(39)43-33-23)25(22)35(28)15-17-10-12-18(13-11-17)19-6-3-4-7-20(19)26-32-29(38)42-34-26/h3-13H,2,15-16H2,1H3,(H-,32,33,34,38,39)/p+1. The first-order valence-corrected chi connectivity index (χ1v) is 13.0. The lowest BCUT2D eigenvalue weighted by molar-refractivity contribution is -0.715. The van der Waals surface area contributed by atoms with E-state index in [0.717, 1.165) is 16.7 Å². The fourth-order valence-corrected chi connectivity index (χ4v) is 4.70. The van der Waals surface area contributed by atoms with Crippen LogP contribution in [0.5, 0.6) is 6.01 Å². The third-order valence-electron chi connectivity index (χ3n) is 6.63. The van der Waals surface area contributed by atoms with Crippen LogP contribution in [0, 0.1) is 16.2 Å². The van der Waals surface area contributed by atoms with Gasteiger partial charge in [-0.15, -0.1) is 0 Å². The number of nitriles is 1. The molecule has 0 aliphatic rings. The summed E-state index contributed by atoms with van der Waals surface area (Å²) >= 11 is 0. The minimum atomic E-state index is -0.691. The predicted molar refractivity (Wildman–Crippen MR) is 148 cm³/mol. The minimum Gasteiger partial charge on any atom is -0.465 e. The highest BCUT2D eigenvalue weighted by Gasteiger charge is 2.24. The maximum atomic E-state index is 13.2. The number of carbonyl (C=O) groups excluding carboxylic acids is 1. The van der Waals surface area contributed by atoms with Crippen molar-refractivity contribution in [2.75, 3.05) is 6.61 Å². The summed E-state index contributed by atoms with van der Waals surface area (Å²) in [5.41, 5.74) is 4.28. The Kier molecular flexibility index (Phi) is 7.11. The van der Waals surface area contributed by atoms with Crippen LogP contribution in [-0.2, 0) is 17.9 Å². The second-order valence-electron chi connectivity index (χ2n) is 9.24. The summed E-state index contributed by atoms with van der Waals surface area (Å²) in [5, 5.41) is 15.3. The first-order valence-electron chi connectivity index (χ1n) is 13.0. The number of hydrogen-bond donors (Lipinski definition) is 2. The monoisotopic (exact) mass is 580 g/mol. The quantitative estimate of drug-likeness (QED) is 0.239. The molecule has 0 saturated heterocycles. The number of nitrogens with one attached hydrogen (secondary N) is 2. The molecule has 6 aromatic rings. The van der Waals surface area contributed by atoms with Gasteiger partial charge >= 0.3 is 17.4 Å². The van der Waals surface area contributed by atoms with Gasteiger partial charge in [-0.2, -0.15) is 10.2 Å². The Balaban J connectivity index is 1.32. The lowest BCUT2D eigenvalue weighted by Crippen LogP contribution is -2.15. The first kappa shape index (κ1) is 27.0. The number of nitrogens with zero attached hydrogens (tertiary/aromatic N) is 5. The van der Waals surface area contributed by atoms with E-state index in [1.165, 1.54) is 0 Å². The van der Waals surface area contributed by atoms with E-state index in [2.05, 4.69) is 29.4 Å². The lowest BCUT2D eigenvalue weighted by atomic mass is 9.98. The molecule has 0 amide bonds. The summed E-state index contributed by atoms with van der Waals surface area (Å²) in [6.07, 6.45) is 0. The second-order valence-corrected chi connectivity index (χ2v) is 9.24. The molecule has 214 valence electrons. The topological polar surface area (TPSA) is 188 Å². The number of imidazole rings is 1. The molecule has 43 heavy (non-hydrogen) atoms. The fraction of sp³-hybridized carbons (Fsp3) is 0.138. The Labute approximate surface area is 241 Å². The molecule has 0 aliphatic heterocycles. The molecule has 14 nitrogen and oxygen atoms in total. The molecule has 0 fully saturated rings. The average Bonchev–Trinajstić information content (AvgIpc) is 3.72. The van der Waals surface area contributed by atoms with Gasteiger partial charge in [0, 0.05) is 5.56 Å². The van der Waals surface area contributed by atoms with Gasteiger partial charge in [-0.25, -0.2) is 9.59 Å². The maximum Gasteiger partial charge on any atom is 0.439 e. The summed E-state index contributed by atoms with van der Waals surface area (Å²) in [6, 6.07) is 22.3. The SMILES string of the molecule is CCOc1nc2cccc(C(=O)OCc3[nH]o[n+](=O)c3C#N)c2n1Cc1ccc(-c2ccccc2-c2noc(=O)[nH]2)cc1. The van der Waals surface area contributed by atoms with Crippen LogP contribution in [0.25, 0.3) is 33.5 Å². The molecule has 2 N–H and O–H groups in total. The zero-order valence-corrected chi connectivity index (χ0v) is 22.6. The van der Waals surface area contributed by atoms with Gasteiger partial charge in [-0.05, 0) is 40.7 Å². The molecule has 3 aromatic carbocycles. The number of fused-ring (bicyclic) bond motifs is 1. The number of carbonyl (C=O) groups is 1. The van der Waals surface area contributed by atoms with Crippen LogP contribution in [0.2, 0.25) is 0 Å². The Morgan fingerprint density at radius 1 is 1.09 bits per heavy atom. The number of H-pyrrole nitrogens is 2. The number of aromatic amines is 2. The molecule has 3 heterocycles. The first-order chi connectivity index (χ1) is 21.0. The van der Waals surface area contributed by atoms with Crippen LogP contribution in [0.15, 0.2) is 80.7 Å². The highest BCUT2D eigenvalue weighted by Crippen LogP contribution is 2.31. The van der Waals surface area contributed by atoms with Crippen LogP contribution in [0.4, 0.5) is 0 Å². The van der Waals surface area contributed by atoms with Crippen LogP contribution in [0.3, 0.4) is 0 Å². The summed E-state index contributed by atoms with van der Waals surface area (Å²) < 4.78 is 22.3. The largest absolute Gasteiger partial charge is 0.465 e. The fourth-order valence-electron chi connectivity index (χ4n) is 4.70. The molecule has 3 aromatic heterocycles. The van der Waals surface area contributed by atoms with Gasteiger partial charge in [-0.1, -0.05) is 69.5 Å². The van der Waals surface area contributed by atoms with E-state index in [9.17, 15) is 14.5 Å². The summed E-state index contributed by atoms with van der Waals surface area (Å²) in [7, 11) is 0. The summed E-state index contributed by atoms with van der Waals surface area (Å²) in [5.74, 6) is -0.996. The van der Waals surface area contributed by atoms with Crippen molar-refractivity contribution in [3.05, 3.63) is 105 Å². The highest BCUT2D eigenvalue weighted by molar-refractivity contribution is 6.02. The predicted octanol–water partition coefficient (Wildman–Crippen LogP) is 3.56. The van der Waals surface area contributed by atoms with Gasteiger partial charge in [0.25, 0.3) is 6.01 Å². The molecule has 0 bridgehead atoms. The van der Waals surface area contributed by atoms with Gasteiger partial charge in [-0.3, -0.25) is 14.1 Å². The highest BCUT2D eigenvalue weighted by atomic mass is 16.7. The zero-order valence-electron chi connectivity index (χ0n) is 22.6. The summed E-state index contributed by atoms with van der Waals surface area (Å²) in [4.78, 5) is 43.4. The molecule has 0 saturated carbocycles. The zero-order chi connectivity index (χ0) is 29.9. The number of rotatable bonds is 9. The number of ether oxygens (including phenoxy) is 2. The molecule has 0 unspecified atom stereocenters. The van der Waals surface area contributed by atoms with E-state index >= 15 is 0 Å². The van der Waals surface area contributed by atoms with Crippen molar-refractivity contribution in [1.29, 1.82) is 5.26 Å². The molecule has 6 rings (SSSR count). The van der Waals surface area contributed by atoms with Crippen molar-refractivity contribution in [3.63, 3.8) is 0 Å². The van der Waals surface area contributed by atoms with Crippen molar-refractivity contribution in [1.82, 2.24) is 24.8 Å². The van der Waals surface area contributed by atoms with Crippen molar-refractivity contribution >= 4 is 17.0 Å². The summed E-state index contributed by atoms with van der Waals surface area (Å²) in [6.45, 7) is 2.13. The molecule has 14 heteroatoms. The smallest absolute Gasteiger partial charge is 0.439 e. The van der Waals surface area contributed by atoms with Crippen LogP contribution < -0.4 is 15.1 Å². The van der Waals surface area contributed by atoms with E-state index in [1.54, 1.807) is 28.8 Å². The van der Waals surface area contributed by atoms with Gasteiger partial charge in [0.1, 0.15) is 0 Å². The number of para-hydroxylation sites is 1. The normalized spacial score (nSPS) is 11.0. The van der Waals surface area contributed by atoms with Gasteiger partial charge in [0.05, 0.1) is 29.7 Å². The third kappa shape index (κ3) is 5.18. The second kappa shape index (κ2) is 11.3. The maximum absolute atomic E-state index is 13.2. The van der Waals surface area contributed by atoms with E-state index in [4.69, 9.17) is 14.7 Å². The molecule has 0 atom stereocenters. The van der Waals surface area contributed by atoms with E-state index in [0.29, 0.717) is 41.6 Å². The van der Waals surface area contributed by atoms with E-state index in [-0.39, 0.29) is 28.2 Å². The van der Waals surface area contributed by atoms with E-state index < -0.39 is 11.7 Å².